The van der Waals surface area contributed by atoms with Crippen molar-refractivity contribution < 1.29 is 9.90 Å². The van der Waals surface area contributed by atoms with Gasteiger partial charge in [0.1, 0.15) is 0 Å². The number of carbonyl (C=O) groups is 1. The molecule has 0 aliphatic heterocycles. The summed E-state index contributed by atoms with van der Waals surface area (Å²) in [5, 5.41) is 10.8. The maximum atomic E-state index is 10.5. The van der Waals surface area contributed by atoms with Crippen molar-refractivity contribution in [2.24, 2.45) is 0 Å². The second-order valence-corrected chi connectivity index (χ2v) is 1.74. The van der Waals surface area contributed by atoms with Crippen LogP contribution in [0.4, 0.5) is 0 Å². The van der Waals surface area contributed by atoms with Crippen LogP contribution in [0.3, 0.4) is 0 Å². The highest BCUT2D eigenvalue weighted by molar-refractivity contribution is 5.79. The Balaban J connectivity index is 3.15. The number of rotatable bonds is 4. The third-order valence-electron chi connectivity index (χ3n) is 0.880. The zero-order chi connectivity index (χ0) is 7.82. The van der Waals surface area contributed by atoms with Crippen molar-refractivity contribution in [2.45, 2.75) is 6.42 Å². The van der Waals surface area contributed by atoms with Gasteiger partial charge in [-0.3, -0.25) is 4.79 Å². The summed E-state index contributed by atoms with van der Waals surface area (Å²) in [6.07, 6.45) is 0.545. The average molecular weight is 142 g/mol. The topological polar surface area (TPSA) is 53.7 Å². The molecule has 0 bridgehead atoms. The van der Waals surface area contributed by atoms with Crippen LogP contribution in [0.2, 0.25) is 0 Å². The minimum absolute atomic E-state index is 0.0678. The van der Waals surface area contributed by atoms with E-state index >= 15 is 0 Å². The molecule has 1 amide bonds. The first-order chi connectivity index (χ1) is 4.81. The zero-order valence-electron chi connectivity index (χ0n) is 5.63. The number of aliphatic hydroxyl groups is 1. The van der Waals surface area contributed by atoms with Crippen LogP contribution in [0.5, 0.6) is 0 Å². The Morgan fingerprint density at radius 3 is 2.90 bits per heavy atom. The normalized spacial score (nSPS) is 8.40. The van der Waals surface area contributed by atoms with Gasteiger partial charge in [-0.25, -0.2) is 6.57 Å². The van der Waals surface area contributed by atoms with Crippen LogP contribution < -0.4 is 5.32 Å². The lowest BCUT2D eigenvalue weighted by molar-refractivity contribution is -0.119. The van der Waals surface area contributed by atoms with E-state index in [1.165, 1.54) is 0 Å². The van der Waals surface area contributed by atoms with E-state index in [4.69, 9.17) is 11.7 Å². The van der Waals surface area contributed by atoms with E-state index in [0.717, 1.165) is 0 Å². The largest absolute Gasteiger partial charge is 0.396 e. The van der Waals surface area contributed by atoms with Gasteiger partial charge in [0.2, 0.25) is 0 Å². The molecule has 0 aromatic rings. The number of amides is 1. The monoisotopic (exact) mass is 142 g/mol. The van der Waals surface area contributed by atoms with Gasteiger partial charge in [0, 0.05) is 13.2 Å². The number of hydrogen-bond acceptors (Lipinski definition) is 2. The predicted octanol–water partition coefficient (Wildman–Crippen LogP) is -0.596. The van der Waals surface area contributed by atoms with Crippen molar-refractivity contribution in [3.8, 4) is 0 Å². The van der Waals surface area contributed by atoms with Crippen molar-refractivity contribution >= 4 is 5.91 Å². The quantitative estimate of drug-likeness (QED) is 0.407. The molecule has 0 aromatic carbocycles. The number of nitrogens with one attached hydrogen (secondary N) is 1. The standard InChI is InChI=1S/C6H10N2O2/c1-7-5-6(10)8-3-2-4-9/h9H,2-5H2,(H,8,10). The first-order valence-electron chi connectivity index (χ1n) is 3.02. The number of nitrogens with zero attached hydrogens (tertiary/aromatic N) is 1. The summed E-state index contributed by atoms with van der Waals surface area (Å²) in [6, 6.07) is 0. The molecule has 0 radical (unpaired) electrons. The summed E-state index contributed by atoms with van der Waals surface area (Å²) in [4.78, 5) is 13.4. The average Bonchev–Trinajstić information content (AvgIpc) is 1.89. The fraction of sp³-hybridized carbons (Fsp3) is 0.667. The zero-order valence-corrected chi connectivity index (χ0v) is 5.63. The van der Waals surface area contributed by atoms with Crippen molar-refractivity contribution in [3.05, 3.63) is 11.4 Å². The lowest BCUT2D eigenvalue weighted by Crippen LogP contribution is -2.26. The van der Waals surface area contributed by atoms with Gasteiger partial charge < -0.3 is 15.3 Å². The molecule has 0 fully saturated rings. The Kier molecular flexibility index (Phi) is 5.39. The van der Waals surface area contributed by atoms with E-state index in [9.17, 15) is 4.79 Å². The van der Waals surface area contributed by atoms with Gasteiger partial charge in [0.25, 0.3) is 12.5 Å². The first kappa shape index (κ1) is 8.92. The van der Waals surface area contributed by atoms with E-state index in [0.29, 0.717) is 13.0 Å². The second-order valence-electron chi connectivity index (χ2n) is 1.74. The van der Waals surface area contributed by atoms with Crippen molar-refractivity contribution in [3.63, 3.8) is 0 Å². The Morgan fingerprint density at radius 1 is 1.70 bits per heavy atom. The number of carbonyl (C=O) groups excluding carboxylic acids is 1. The molecule has 0 aliphatic carbocycles. The molecular weight excluding hydrogens is 132 g/mol. The SMILES string of the molecule is [C-]#[N+]CC(=O)NCCCO. The Bertz CT molecular complexity index is 139. The van der Waals surface area contributed by atoms with Gasteiger partial charge in [-0.05, 0) is 6.42 Å². The van der Waals surface area contributed by atoms with Gasteiger partial charge in [-0.2, -0.15) is 0 Å². The molecule has 0 atom stereocenters. The lowest BCUT2D eigenvalue weighted by Gasteiger charge is -1.96. The first-order valence-corrected chi connectivity index (χ1v) is 3.02. The number of aliphatic hydroxyl groups excluding tert-OH is 1. The molecule has 0 heterocycles. The highest BCUT2D eigenvalue weighted by atomic mass is 16.3. The Labute approximate surface area is 59.7 Å². The van der Waals surface area contributed by atoms with E-state index in [1.54, 1.807) is 0 Å². The van der Waals surface area contributed by atoms with Gasteiger partial charge >= 0.3 is 0 Å². The summed E-state index contributed by atoms with van der Waals surface area (Å²) in [6.45, 7) is 6.73. The molecule has 56 valence electrons. The van der Waals surface area contributed by atoms with E-state index < -0.39 is 0 Å². The minimum Gasteiger partial charge on any atom is -0.396 e. The summed E-state index contributed by atoms with van der Waals surface area (Å²) >= 11 is 0. The highest BCUT2D eigenvalue weighted by Gasteiger charge is 1.99. The molecule has 4 heteroatoms. The van der Waals surface area contributed by atoms with E-state index in [-0.39, 0.29) is 19.1 Å². The molecule has 0 spiro atoms. The maximum Gasteiger partial charge on any atom is 0.300 e. The molecule has 0 saturated carbocycles. The van der Waals surface area contributed by atoms with Gasteiger partial charge in [-0.1, -0.05) is 0 Å². The molecule has 4 nitrogen and oxygen atoms in total. The summed E-state index contributed by atoms with van der Waals surface area (Å²) in [5.74, 6) is -0.275. The molecular formula is C6H10N2O2. The van der Waals surface area contributed by atoms with E-state index in [2.05, 4.69) is 10.2 Å². The second kappa shape index (κ2) is 6.05. The molecule has 0 aromatic heterocycles. The molecule has 0 unspecified atom stereocenters. The van der Waals surface area contributed by atoms with Crippen LogP contribution in [-0.2, 0) is 4.79 Å². The van der Waals surface area contributed by atoms with E-state index in [1.807, 2.05) is 0 Å². The fourth-order valence-electron chi connectivity index (χ4n) is 0.435. The van der Waals surface area contributed by atoms with Crippen molar-refractivity contribution in [1.82, 2.24) is 5.32 Å². The van der Waals surface area contributed by atoms with Gasteiger partial charge in [0.15, 0.2) is 0 Å². The molecule has 10 heavy (non-hydrogen) atoms. The molecule has 0 aliphatic rings. The van der Waals surface area contributed by atoms with Gasteiger partial charge in [-0.15, -0.1) is 0 Å². The van der Waals surface area contributed by atoms with Crippen LogP contribution in [0.1, 0.15) is 6.42 Å². The van der Waals surface area contributed by atoms with Crippen LogP contribution in [0.15, 0.2) is 0 Å². The van der Waals surface area contributed by atoms with Crippen LogP contribution >= 0.6 is 0 Å². The predicted molar refractivity (Wildman–Crippen MR) is 36.2 cm³/mol. The van der Waals surface area contributed by atoms with Crippen LogP contribution in [0, 0.1) is 6.57 Å². The minimum atomic E-state index is -0.275. The lowest BCUT2D eigenvalue weighted by atomic mass is 10.4. The molecule has 0 rings (SSSR count). The summed E-state index contributed by atoms with van der Waals surface area (Å²) < 4.78 is 0. The van der Waals surface area contributed by atoms with Gasteiger partial charge in [0.05, 0.1) is 0 Å². The van der Waals surface area contributed by atoms with Crippen molar-refractivity contribution in [1.29, 1.82) is 0 Å². The summed E-state index contributed by atoms with van der Waals surface area (Å²) in [7, 11) is 0. The molecule has 2 N–H and O–H groups in total. The maximum absolute atomic E-state index is 10.5. The van der Waals surface area contributed by atoms with Crippen LogP contribution in [-0.4, -0.2) is 30.7 Å². The highest BCUT2D eigenvalue weighted by Crippen LogP contribution is 1.73. The van der Waals surface area contributed by atoms with Crippen molar-refractivity contribution in [2.75, 3.05) is 19.7 Å². The smallest absolute Gasteiger partial charge is 0.300 e. The molecule has 0 saturated heterocycles. The summed E-state index contributed by atoms with van der Waals surface area (Å²) in [5.41, 5.74) is 0. The number of hydrogen-bond donors (Lipinski definition) is 2. The third-order valence-corrected chi connectivity index (χ3v) is 0.880. The fourth-order valence-corrected chi connectivity index (χ4v) is 0.435. The Morgan fingerprint density at radius 2 is 2.40 bits per heavy atom. The van der Waals surface area contributed by atoms with Crippen LogP contribution in [0.25, 0.3) is 4.85 Å². The Hall–Kier alpha value is -1.08. The third kappa shape index (κ3) is 5.06.